The van der Waals surface area contributed by atoms with Crippen molar-refractivity contribution < 1.29 is 9.53 Å². The van der Waals surface area contributed by atoms with Gasteiger partial charge in [-0.3, -0.25) is 9.69 Å². The number of ketones is 1. The SMILES string of the molecule is COc1ccc(/C=C/C(=O)c2ccc3c(c2)Nc2ccccc2S3)cc1CN1CCSCC1. The molecule has 4 nitrogen and oxygen atoms in total. The first-order valence-corrected chi connectivity index (χ1v) is 13.0. The molecule has 0 amide bonds. The van der Waals surface area contributed by atoms with Gasteiger partial charge >= 0.3 is 0 Å². The Labute approximate surface area is 203 Å². The molecule has 0 saturated carbocycles. The van der Waals surface area contributed by atoms with E-state index in [1.165, 1.54) is 16.4 Å². The average Bonchev–Trinajstić information content (AvgIpc) is 2.86. The topological polar surface area (TPSA) is 41.6 Å². The van der Waals surface area contributed by atoms with E-state index in [0.717, 1.165) is 52.8 Å². The number of carbonyl (C=O) groups excluding carboxylic acids is 1. The van der Waals surface area contributed by atoms with Gasteiger partial charge in [0.05, 0.1) is 18.5 Å². The monoisotopic (exact) mass is 474 g/mol. The molecular formula is C27H26N2O2S2. The molecule has 1 fully saturated rings. The standard InChI is InChI=1S/C27H26N2O2S2/c1-31-25-10-7-19(16-21(25)18-29-12-14-32-15-13-29)6-9-24(30)20-8-11-27-23(17-20)28-22-4-2-3-5-26(22)33-27/h2-11,16-17,28H,12-15,18H2,1H3/b9-6+. The highest BCUT2D eigenvalue weighted by Gasteiger charge is 2.17. The largest absolute Gasteiger partial charge is 0.496 e. The van der Waals surface area contributed by atoms with Crippen LogP contribution in [-0.2, 0) is 6.54 Å². The lowest BCUT2D eigenvalue weighted by molar-refractivity contribution is 0.104. The average molecular weight is 475 g/mol. The number of carbonyl (C=O) groups is 1. The Morgan fingerprint density at radius 2 is 1.85 bits per heavy atom. The molecule has 2 heterocycles. The van der Waals surface area contributed by atoms with Gasteiger partial charge in [0.25, 0.3) is 0 Å². The second kappa shape index (κ2) is 10.1. The minimum atomic E-state index is -0.00566. The maximum absolute atomic E-state index is 12.9. The van der Waals surface area contributed by atoms with E-state index in [1.54, 1.807) is 24.9 Å². The number of thioether (sulfide) groups is 1. The van der Waals surface area contributed by atoms with Crippen LogP contribution < -0.4 is 10.1 Å². The number of anilines is 2. The van der Waals surface area contributed by atoms with Crippen LogP contribution >= 0.6 is 23.5 Å². The predicted molar refractivity (Wildman–Crippen MR) is 139 cm³/mol. The van der Waals surface area contributed by atoms with Gasteiger partial charge in [-0.05, 0) is 54.1 Å². The fourth-order valence-corrected chi connectivity index (χ4v) is 6.03. The van der Waals surface area contributed by atoms with Crippen molar-refractivity contribution >= 4 is 46.8 Å². The molecule has 3 aromatic rings. The summed E-state index contributed by atoms with van der Waals surface area (Å²) in [6.07, 6.45) is 3.56. The summed E-state index contributed by atoms with van der Waals surface area (Å²) in [6.45, 7) is 3.07. The van der Waals surface area contributed by atoms with Crippen LogP contribution in [0.5, 0.6) is 5.75 Å². The Balaban J connectivity index is 1.31. The molecule has 5 rings (SSSR count). The van der Waals surface area contributed by atoms with E-state index in [9.17, 15) is 4.79 Å². The molecule has 3 aromatic carbocycles. The van der Waals surface area contributed by atoms with Gasteiger partial charge in [-0.2, -0.15) is 11.8 Å². The van der Waals surface area contributed by atoms with Gasteiger partial charge in [-0.25, -0.2) is 0 Å². The number of rotatable bonds is 6. The third kappa shape index (κ3) is 5.13. The zero-order chi connectivity index (χ0) is 22.6. The van der Waals surface area contributed by atoms with E-state index in [-0.39, 0.29) is 5.78 Å². The summed E-state index contributed by atoms with van der Waals surface area (Å²) >= 11 is 3.73. The number of ether oxygens (including phenoxy) is 1. The number of fused-ring (bicyclic) bond motifs is 2. The Morgan fingerprint density at radius 1 is 1.03 bits per heavy atom. The van der Waals surface area contributed by atoms with Crippen molar-refractivity contribution in [1.82, 2.24) is 4.90 Å². The first kappa shape index (κ1) is 22.1. The first-order valence-electron chi connectivity index (χ1n) is 11.1. The van der Waals surface area contributed by atoms with Gasteiger partial charge in [0.2, 0.25) is 0 Å². The lowest BCUT2D eigenvalue weighted by Gasteiger charge is -2.26. The zero-order valence-electron chi connectivity index (χ0n) is 18.5. The number of hydrogen-bond donors (Lipinski definition) is 1. The Kier molecular flexibility index (Phi) is 6.76. The Hall–Kier alpha value is -2.67. The van der Waals surface area contributed by atoms with Crippen LogP contribution in [0.1, 0.15) is 21.5 Å². The van der Waals surface area contributed by atoms with E-state index in [0.29, 0.717) is 5.56 Å². The number of nitrogens with zero attached hydrogens (tertiary/aromatic N) is 1. The highest BCUT2D eigenvalue weighted by molar-refractivity contribution is 7.99. The lowest BCUT2D eigenvalue weighted by Crippen LogP contribution is -2.32. The third-order valence-corrected chi connectivity index (χ3v) is 7.96. The van der Waals surface area contributed by atoms with Crippen LogP contribution in [0.25, 0.3) is 6.08 Å². The van der Waals surface area contributed by atoms with Gasteiger partial charge in [-0.15, -0.1) is 0 Å². The zero-order valence-corrected chi connectivity index (χ0v) is 20.2. The normalized spacial score (nSPS) is 15.5. The van der Waals surface area contributed by atoms with E-state index in [2.05, 4.69) is 28.4 Å². The van der Waals surface area contributed by atoms with Crippen LogP contribution in [0.3, 0.4) is 0 Å². The van der Waals surface area contributed by atoms with Crippen molar-refractivity contribution in [3.05, 3.63) is 83.4 Å². The van der Waals surface area contributed by atoms with Gasteiger partial charge in [-0.1, -0.05) is 36.0 Å². The van der Waals surface area contributed by atoms with Crippen molar-refractivity contribution in [2.45, 2.75) is 16.3 Å². The number of hydrogen-bond acceptors (Lipinski definition) is 6. The molecule has 2 aliphatic rings. The summed E-state index contributed by atoms with van der Waals surface area (Å²) in [7, 11) is 1.71. The molecule has 1 N–H and O–H groups in total. The number of nitrogens with one attached hydrogen (secondary N) is 1. The maximum atomic E-state index is 12.9. The molecule has 0 spiro atoms. The lowest BCUT2D eigenvalue weighted by atomic mass is 10.1. The molecule has 1 saturated heterocycles. The summed E-state index contributed by atoms with van der Waals surface area (Å²) in [5.74, 6) is 3.25. The highest BCUT2D eigenvalue weighted by atomic mass is 32.2. The highest BCUT2D eigenvalue weighted by Crippen LogP contribution is 2.44. The molecule has 0 atom stereocenters. The molecule has 0 aromatic heterocycles. The molecule has 168 valence electrons. The quantitative estimate of drug-likeness (QED) is 0.259. The van der Waals surface area contributed by atoms with Crippen LogP contribution in [0.2, 0.25) is 0 Å². The molecule has 6 heteroatoms. The van der Waals surface area contributed by atoms with Crippen LogP contribution in [-0.4, -0.2) is 42.4 Å². The maximum Gasteiger partial charge on any atom is 0.185 e. The second-order valence-corrected chi connectivity index (χ2v) is 10.4. The van der Waals surface area contributed by atoms with Gasteiger partial charge in [0.15, 0.2) is 5.78 Å². The van der Waals surface area contributed by atoms with Crippen molar-refractivity contribution in [2.24, 2.45) is 0 Å². The van der Waals surface area contributed by atoms with Crippen LogP contribution in [0, 0.1) is 0 Å². The minimum absolute atomic E-state index is 0.00566. The van der Waals surface area contributed by atoms with Crippen molar-refractivity contribution in [1.29, 1.82) is 0 Å². The predicted octanol–water partition coefficient (Wildman–Crippen LogP) is 6.35. The van der Waals surface area contributed by atoms with Gasteiger partial charge in [0, 0.05) is 52.1 Å². The van der Waals surface area contributed by atoms with E-state index in [4.69, 9.17) is 4.74 Å². The minimum Gasteiger partial charge on any atom is -0.496 e. The van der Waals surface area contributed by atoms with E-state index in [1.807, 2.05) is 60.3 Å². The van der Waals surface area contributed by atoms with E-state index >= 15 is 0 Å². The van der Waals surface area contributed by atoms with Gasteiger partial charge in [0.1, 0.15) is 5.75 Å². The fourth-order valence-electron chi connectivity index (χ4n) is 4.09. The summed E-state index contributed by atoms with van der Waals surface area (Å²) in [5.41, 5.74) is 4.90. The summed E-state index contributed by atoms with van der Waals surface area (Å²) in [6, 6.07) is 20.2. The van der Waals surface area contributed by atoms with Crippen LogP contribution in [0.4, 0.5) is 11.4 Å². The molecule has 0 unspecified atom stereocenters. The number of methoxy groups -OCH3 is 1. The summed E-state index contributed by atoms with van der Waals surface area (Å²) in [5, 5.41) is 3.45. The van der Waals surface area contributed by atoms with E-state index < -0.39 is 0 Å². The van der Waals surface area contributed by atoms with Crippen molar-refractivity contribution in [3.63, 3.8) is 0 Å². The summed E-state index contributed by atoms with van der Waals surface area (Å²) < 4.78 is 5.58. The molecule has 33 heavy (non-hydrogen) atoms. The van der Waals surface area contributed by atoms with Gasteiger partial charge < -0.3 is 10.1 Å². The molecule has 2 aliphatic heterocycles. The fraction of sp³-hybridized carbons (Fsp3) is 0.222. The molecule has 0 aliphatic carbocycles. The molecule has 0 bridgehead atoms. The van der Waals surface area contributed by atoms with Crippen molar-refractivity contribution in [2.75, 3.05) is 37.0 Å². The van der Waals surface area contributed by atoms with Crippen LogP contribution in [0.15, 0.2) is 76.5 Å². The number of allylic oxidation sites excluding steroid dienone is 1. The second-order valence-electron chi connectivity index (χ2n) is 8.09. The smallest absolute Gasteiger partial charge is 0.185 e. The Morgan fingerprint density at radius 3 is 2.70 bits per heavy atom. The third-order valence-electron chi connectivity index (χ3n) is 5.87. The first-order chi connectivity index (χ1) is 16.2. The molecule has 0 radical (unpaired) electrons. The Bertz CT molecular complexity index is 1200. The van der Waals surface area contributed by atoms with Crippen molar-refractivity contribution in [3.8, 4) is 5.75 Å². The number of para-hydroxylation sites is 1. The summed E-state index contributed by atoms with van der Waals surface area (Å²) in [4.78, 5) is 17.7. The molecular weight excluding hydrogens is 448 g/mol. The number of benzene rings is 3.